The first kappa shape index (κ1) is 25.2. The van der Waals surface area contributed by atoms with Crippen LogP contribution in [0, 0.1) is 0 Å². The van der Waals surface area contributed by atoms with E-state index in [0.717, 1.165) is 10.1 Å². The number of aromatic carboxylic acids is 1. The van der Waals surface area contributed by atoms with Gasteiger partial charge in [-0.25, -0.2) is 9.59 Å². The summed E-state index contributed by atoms with van der Waals surface area (Å²) in [5, 5.41) is 12.3. The Labute approximate surface area is 211 Å². The molecule has 1 amide bonds. The molecule has 190 valence electrons. The molecule has 4 rings (SSSR count). The van der Waals surface area contributed by atoms with Crippen LogP contribution >= 0.6 is 0 Å². The highest BCUT2D eigenvalue weighted by Crippen LogP contribution is 2.25. The van der Waals surface area contributed by atoms with Crippen molar-refractivity contribution in [1.29, 1.82) is 0 Å². The van der Waals surface area contributed by atoms with E-state index >= 15 is 0 Å². The number of benzene rings is 3. The zero-order valence-electron chi connectivity index (χ0n) is 20.4. The van der Waals surface area contributed by atoms with E-state index in [1.807, 2.05) is 12.1 Å². The van der Waals surface area contributed by atoms with Gasteiger partial charge in [0.1, 0.15) is 17.1 Å². The lowest BCUT2D eigenvalue weighted by atomic mass is 10.0. The molecule has 3 N–H and O–H groups in total. The van der Waals surface area contributed by atoms with Crippen LogP contribution in [0.3, 0.4) is 0 Å². The smallest absolute Gasteiger partial charge is 0.339 e. The van der Waals surface area contributed by atoms with Crippen molar-refractivity contribution in [2.45, 2.75) is 19.5 Å². The summed E-state index contributed by atoms with van der Waals surface area (Å²) in [4.78, 5) is 53.1. The molecule has 4 aromatic rings. The highest BCUT2D eigenvalue weighted by atomic mass is 16.5. The molecule has 1 heterocycles. The van der Waals surface area contributed by atoms with E-state index in [1.165, 1.54) is 43.5 Å². The van der Waals surface area contributed by atoms with Gasteiger partial charge in [0, 0.05) is 12.1 Å². The molecule has 0 radical (unpaired) electrons. The van der Waals surface area contributed by atoms with Crippen molar-refractivity contribution >= 4 is 22.8 Å². The van der Waals surface area contributed by atoms with Crippen molar-refractivity contribution in [3.8, 4) is 11.5 Å². The van der Waals surface area contributed by atoms with Crippen LogP contribution in [0.5, 0.6) is 11.5 Å². The highest BCUT2D eigenvalue weighted by molar-refractivity contribution is 5.97. The third-order valence-electron chi connectivity index (χ3n) is 6.13. The van der Waals surface area contributed by atoms with Gasteiger partial charge in [-0.05, 0) is 60.5 Å². The predicted octanol–water partition coefficient (Wildman–Crippen LogP) is 2.94. The third kappa shape index (κ3) is 5.08. The molecule has 0 saturated carbocycles. The monoisotopic (exact) mass is 503 g/mol. The summed E-state index contributed by atoms with van der Waals surface area (Å²) >= 11 is 0. The number of H-pyrrole nitrogens is 1. The number of aromatic amines is 1. The number of aromatic nitrogens is 2. The fourth-order valence-corrected chi connectivity index (χ4v) is 4.04. The predicted molar refractivity (Wildman–Crippen MR) is 137 cm³/mol. The molecule has 0 aliphatic heterocycles. The van der Waals surface area contributed by atoms with Crippen LogP contribution in [0.2, 0.25) is 0 Å². The van der Waals surface area contributed by atoms with Crippen LogP contribution in [0.4, 0.5) is 0 Å². The Bertz CT molecular complexity index is 1600. The zero-order chi connectivity index (χ0) is 26.7. The minimum absolute atomic E-state index is 0.0384. The van der Waals surface area contributed by atoms with Crippen LogP contribution in [-0.4, -0.2) is 40.8 Å². The minimum atomic E-state index is -1.16. The second-order valence-corrected chi connectivity index (χ2v) is 8.34. The molecule has 0 aliphatic rings. The van der Waals surface area contributed by atoms with Gasteiger partial charge in [-0.3, -0.25) is 14.2 Å². The molecule has 10 heteroatoms. The number of ether oxygens (including phenoxy) is 2. The molecular formula is C27H25N3O7. The standard InChI is InChI=1S/C27H25N3O7/c1-15(17-6-10-20(26(33)34)23(13-17)37-3)30-25(32)21-12-18(7-11-22(21)29-27(30)35)24(31)28-14-16-4-8-19(36-2)9-5-16/h4-13,15H,14H2,1-3H3,(H,28,31)(H,29,35)(H,33,34). The first-order valence-electron chi connectivity index (χ1n) is 11.3. The number of rotatable bonds is 8. The van der Waals surface area contributed by atoms with Crippen LogP contribution in [0.1, 0.15) is 44.8 Å². The number of carboxylic acids is 1. The van der Waals surface area contributed by atoms with Crippen molar-refractivity contribution in [1.82, 2.24) is 14.9 Å². The Morgan fingerprint density at radius 3 is 2.38 bits per heavy atom. The lowest BCUT2D eigenvalue weighted by molar-refractivity contribution is 0.0693. The van der Waals surface area contributed by atoms with E-state index in [0.29, 0.717) is 16.8 Å². The van der Waals surface area contributed by atoms with Crippen LogP contribution in [0.15, 0.2) is 70.3 Å². The van der Waals surface area contributed by atoms with Crippen molar-refractivity contribution in [3.05, 3.63) is 104 Å². The Hall–Kier alpha value is -4.86. The highest BCUT2D eigenvalue weighted by Gasteiger charge is 2.19. The number of carbonyl (C=O) groups is 2. The molecule has 1 unspecified atom stereocenters. The molecule has 37 heavy (non-hydrogen) atoms. The van der Waals surface area contributed by atoms with Gasteiger partial charge in [-0.1, -0.05) is 18.2 Å². The van der Waals surface area contributed by atoms with Gasteiger partial charge in [-0.2, -0.15) is 0 Å². The van der Waals surface area contributed by atoms with E-state index in [9.17, 15) is 24.3 Å². The van der Waals surface area contributed by atoms with Crippen molar-refractivity contribution in [2.24, 2.45) is 0 Å². The number of fused-ring (bicyclic) bond motifs is 1. The molecule has 10 nitrogen and oxygen atoms in total. The number of hydrogen-bond acceptors (Lipinski definition) is 6. The van der Waals surface area contributed by atoms with E-state index in [2.05, 4.69) is 10.3 Å². The molecule has 0 bridgehead atoms. The summed E-state index contributed by atoms with van der Waals surface area (Å²) in [6.07, 6.45) is 0. The number of nitrogens with zero attached hydrogens (tertiary/aromatic N) is 1. The first-order valence-corrected chi connectivity index (χ1v) is 11.3. The Morgan fingerprint density at radius 2 is 1.73 bits per heavy atom. The van der Waals surface area contributed by atoms with Gasteiger partial charge in [-0.15, -0.1) is 0 Å². The molecule has 0 spiro atoms. The SMILES string of the molecule is COc1ccc(CNC(=O)c2ccc3[nH]c(=O)n(C(C)c4ccc(C(=O)O)c(OC)c4)c(=O)c3c2)cc1. The maximum Gasteiger partial charge on any atom is 0.339 e. The molecule has 0 fully saturated rings. The second-order valence-electron chi connectivity index (χ2n) is 8.34. The lowest BCUT2D eigenvalue weighted by Gasteiger charge is -2.17. The summed E-state index contributed by atoms with van der Waals surface area (Å²) in [6.45, 7) is 1.92. The van der Waals surface area contributed by atoms with E-state index in [-0.39, 0.29) is 34.7 Å². The van der Waals surface area contributed by atoms with Crippen molar-refractivity contribution in [2.75, 3.05) is 14.2 Å². The zero-order valence-corrected chi connectivity index (χ0v) is 20.4. The van der Waals surface area contributed by atoms with Crippen LogP contribution < -0.4 is 26.0 Å². The molecule has 0 saturated heterocycles. The molecule has 1 atom stereocenters. The summed E-state index contributed by atoms with van der Waals surface area (Å²) < 4.78 is 11.3. The average Bonchev–Trinajstić information content (AvgIpc) is 2.91. The fraction of sp³-hybridized carbons (Fsp3) is 0.185. The number of hydrogen-bond donors (Lipinski definition) is 3. The molecule has 3 aromatic carbocycles. The Balaban J connectivity index is 1.65. The topological polar surface area (TPSA) is 140 Å². The number of nitrogens with one attached hydrogen (secondary N) is 2. The summed E-state index contributed by atoms with van der Waals surface area (Å²) in [6, 6.07) is 15.4. The molecule has 0 aliphatic carbocycles. The molecular weight excluding hydrogens is 478 g/mol. The van der Waals surface area contributed by atoms with Crippen LogP contribution in [0.25, 0.3) is 10.9 Å². The van der Waals surface area contributed by atoms with Crippen LogP contribution in [-0.2, 0) is 6.54 Å². The number of carboxylic acid groups (broad SMARTS) is 1. The quantitative estimate of drug-likeness (QED) is 0.336. The number of amides is 1. The summed E-state index contributed by atoms with van der Waals surface area (Å²) in [7, 11) is 2.91. The lowest BCUT2D eigenvalue weighted by Crippen LogP contribution is -2.37. The van der Waals surface area contributed by atoms with Gasteiger partial charge in [0.15, 0.2) is 0 Å². The Morgan fingerprint density at radius 1 is 1.00 bits per heavy atom. The normalized spacial score (nSPS) is 11.6. The molecule has 1 aromatic heterocycles. The summed E-state index contributed by atoms with van der Waals surface area (Å²) in [5.74, 6) is -0.718. The van der Waals surface area contributed by atoms with Gasteiger partial charge in [0.05, 0.1) is 31.2 Å². The maximum atomic E-state index is 13.4. The van der Waals surface area contributed by atoms with Crippen molar-refractivity contribution < 1.29 is 24.2 Å². The summed E-state index contributed by atoms with van der Waals surface area (Å²) in [5.41, 5.74) is 0.673. The second kappa shape index (κ2) is 10.4. The largest absolute Gasteiger partial charge is 0.497 e. The van der Waals surface area contributed by atoms with E-state index in [1.54, 1.807) is 26.2 Å². The van der Waals surface area contributed by atoms with E-state index in [4.69, 9.17) is 9.47 Å². The minimum Gasteiger partial charge on any atom is -0.497 e. The van der Waals surface area contributed by atoms with Crippen molar-refractivity contribution in [3.63, 3.8) is 0 Å². The first-order chi connectivity index (χ1) is 17.7. The Kier molecular flexibility index (Phi) is 7.10. The maximum absolute atomic E-state index is 13.4. The van der Waals surface area contributed by atoms with E-state index < -0.39 is 23.3 Å². The third-order valence-corrected chi connectivity index (χ3v) is 6.13. The number of carbonyl (C=O) groups excluding carboxylic acids is 1. The van der Waals surface area contributed by atoms with Gasteiger partial charge < -0.3 is 24.9 Å². The average molecular weight is 504 g/mol. The van der Waals surface area contributed by atoms with Gasteiger partial charge >= 0.3 is 11.7 Å². The van der Waals surface area contributed by atoms with Gasteiger partial charge in [0.2, 0.25) is 0 Å². The van der Waals surface area contributed by atoms with Gasteiger partial charge in [0.25, 0.3) is 11.5 Å². The fourth-order valence-electron chi connectivity index (χ4n) is 4.04. The number of methoxy groups -OCH3 is 2.